The number of nitrogens with zero attached hydrogens (tertiary/aromatic N) is 3. The molecular weight excluding hydrogens is 346 g/mol. The molecule has 1 aromatic heterocycles. The Hall–Kier alpha value is -2.74. The summed E-state index contributed by atoms with van der Waals surface area (Å²) in [6.07, 6.45) is 0.336. The van der Waals surface area contributed by atoms with Crippen LogP contribution in [0.4, 0.5) is 10.5 Å². The van der Waals surface area contributed by atoms with Gasteiger partial charge in [-0.25, -0.2) is 10.6 Å². The van der Waals surface area contributed by atoms with Crippen molar-refractivity contribution in [2.75, 3.05) is 32.6 Å². The van der Waals surface area contributed by atoms with Crippen molar-refractivity contribution in [1.82, 2.24) is 14.9 Å². The number of carbonyl (C=O) groups is 2. The number of anilines is 1. The number of H-pyrrole nitrogens is 1. The van der Waals surface area contributed by atoms with Crippen LogP contribution in [0.1, 0.15) is 25.1 Å². The molecule has 0 spiro atoms. The molecule has 2 aromatic rings. The lowest BCUT2D eigenvalue weighted by Gasteiger charge is -2.34. The first kappa shape index (κ1) is 19.0. The summed E-state index contributed by atoms with van der Waals surface area (Å²) in [6, 6.07) is 3.96. The number of amides is 2. The highest BCUT2D eigenvalue weighted by atomic mass is 16.6. The molecule has 0 aliphatic carbocycles. The first-order valence-electron chi connectivity index (χ1n) is 8.89. The van der Waals surface area contributed by atoms with Crippen LogP contribution in [0.25, 0.3) is 10.9 Å². The molecule has 0 atom stereocenters. The molecule has 3 N–H and O–H groups in total. The second-order valence-corrected chi connectivity index (χ2v) is 7.69. The molecule has 1 aliphatic rings. The number of ether oxygens (including phenoxy) is 1. The molecule has 27 heavy (non-hydrogen) atoms. The first-order valence-corrected chi connectivity index (χ1v) is 8.89. The average molecular weight is 373 g/mol. The van der Waals surface area contributed by atoms with Gasteiger partial charge in [-0.2, -0.15) is 0 Å². The van der Waals surface area contributed by atoms with Crippen LogP contribution in [0.3, 0.4) is 0 Å². The van der Waals surface area contributed by atoms with Gasteiger partial charge in [-0.3, -0.25) is 14.7 Å². The van der Waals surface area contributed by atoms with Gasteiger partial charge >= 0.3 is 6.09 Å². The quantitative estimate of drug-likeness (QED) is 0.488. The third-order valence-corrected chi connectivity index (χ3v) is 5.36. The number of hydrogen-bond donors (Lipinski definition) is 2. The van der Waals surface area contributed by atoms with Crippen LogP contribution < -0.4 is 15.5 Å². The fourth-order valence-electron chi connectivity index (χ4n) is 3.49. The molecule has 3 rings (SSSR count). The Morgan fingerprint density at radius 3 is 2.59 bits per heavy atom. The van der Waals surface area contributed by atoms with Gasteiger partial charge in [0.05, 0.1) is 5.52 Å². The van der Waals surface area contributed by atoms with Crippen molar-refractivity contribution in [3.05, 3.63) is 23.4 Å². The molecule has 2 heterocycles. The number of aromatic nitrogens is 1. The number of nitrogens with two attached hydrogens (primary N) is 1. The summed E-state index contributed by atoms with van der Waals surface area (Å²) in [5.74, 6) is 5.62. The van der Waals surface area contributed by atoms with Gasteiger partial charge < -0.3 is 14.6 Å². The van der Waals surface area contributed by atoms with E-state index < -0.39 is 17.5 Å². The predicted octanol–water partition coefficient (Wildman–Crippen LogP) is 2.01. The molecule has 1 aromatic carbocycles. The smallest absolute Gasteiger partial charge is 0.408 e. The summed E-state index contributed by atoms with van der Waals surface area (Å²) < 4.78 is 5.71. The van der Waals surface area contributed by atoms with Crippen molar-refractivity contribution in [3.63, 3.8) is 0 Å². The summed E-state index contributed by atoms with van der Waals surface area (Å²) in [5, 5.41) is 2.04. The minimum absolute atomic E-state index is 0.392. The largest absolute Gasteiger partial charge is 0.415 e. The number of carbonyl (C=O) groups excluding carboxylic acids is 2. The Balaban J connectivity index is 1.96. The van der Waals surface area contributed by atoms with Gasteiger partial charge in [0.15, 0.2) is 5.75 Å². The zero-order valence-corrected chi connectivity index (χ0v) is 16.7. The van der Waals surface area contributed by atoms with Gasteiger partial charge in [0.25, 0.3) is 5.91 Å². The van der Waals surface area contributed by atoms with Crippen LogP contribution in [0.2, 0.25) is 0 Å². The van der Waals surface area contributed by atoms with Crippen LogP contribution in [-0.2, 0) is 11.2 Å². The van der Waals surface area contributed by atoms with E-state index in [9.17, 15) is 9.59 Å². The number of aryl methyl sites for hydroxylation is 1. The molecule has 0 saturated heterocycles. The van der Waals surface area contributed by atoms with Crippen molar-refractivity contribution in [3.8, 4) is 5.75 Å². The zero-order chi connectivity index (χ0) is 20.1. The van der Waals surface area contributed by atoms with Gasteiger partial charge in [0.2, 0.25) is 0 Å². The molecule has 0 bridgehead atoms. The van der Waals surface area contributed by atoms with E-state index in [0.717, 1.165) is 40.3 Å². The fraction of sp³-hybridized carbons (Fsp3) is 0.474. The third-order valence-electron chi connectivity index (χ3n) is 5.36. The molecule has 0 saturated carbocycles. The number of rotatable bonds is 3. The second-order valence-electron chi connectivity index (χ2n) is 7.69. The second kappa shape index (κ2) is 6.45. The molecule has 1 aliphatic heterocycles. The Bertz CT molecular complexity index is 916. The number of hydrazine groups is 1. The van der Waals surface area contributed by atoms with Crippen molar-refractivity contribution in [2.45, 2.75) is 32.7 Å². The van der Waals surface area contributed by atoms with E-state index in [0.29, 0.717) is 5.75 Å². The molecule has 0 fully saturated rings. The number of likely N-dealkylation sites (N-methyl/N-ethyl adjacent to an activating group) is 3. The van der Waals surface area contributed by atoms with E-state index in [1.807, 2.05) is 20.0 Å². The number of fused-ring (bicyclic) bond motifs is 3. The maximum atomic E-state index is 12.8. The van der Waals surface area contributed by atoms with E-state index in [1.54, 1.807) is 13.8 Å². The number of hydrogen-bond acceptors (Lipinski definition) is 5. The van der Waals surface area contributed by atoms with Crippen LogP contribution in [0.5, 0.6) is 5.75 Å². The van der Waals surface area contributed by atoms with Crippen LogP contribution in [-0.4, -0.2) is 60.1 Å². The van der Waals surface area contributed by atoms with E-state index in [4.69, 9.17) is 10.6 Å². The molecule has 0 radical (unpaired) electrons. The maximum absolute atomic E-state index is 12.8. The summed E-state index contributed by atoms with van der Waals surface area (Å²) in [5.41, 5.74) is 2.97. The SMILES string of the molecule is Cc1cc2c3c(cc(OC(=O)N(C)C(C)(C)C(=O)N(C)N)c2[nH]1)N(C)CC3. The van der Waals surface area contributed by atoms with Crippen LogP contribution in [0, 0.1) is 6.92 Å². The highest BCUT2D eigenvalue weighted by Crippen LogP contribution is 2.39. The van der Waals surface area contributed by atoms with Crippen molar-refractivity contribution in [2.24, 2.45) is 5.84 Å². The molecule has 8 nitrogen and oxygen atoms in total. The van der Waals surface area contributed by atoms with Gasteiger partial charge in [-0.15, -0.1) is 0 Å². The minimum atomic E-state index is -1.14. The monoisotopic (exact) mass is 373 g/mol. The van der Waals surface area contributed by atoms with Gasteiger partial charge in [-0.05, 0) is 38.8 Å². The van der Waals surface area contributed by atoms with Crippen molar-refractivity contribution >= 4 is 28.6 Å². The fourth-order valence-corrected chi connectivity index (χ4v) is 3.49. The molecular formula is C19H27N5O3. The highest BCUT2D eigenvalue weighted by Gasteiger charge is 2.38. The summed E-state index contributed by atoms with van der Waals surface area (Å²) >= 11 is 0. The Morgan fingerprint density at radius 1 is 1.30 bits per heavy atom. The third kappa shape index (κ3) is 3.10. The lowest BCUT2D eigenvalue weighted by atomic mass is 10.0. The Labute approximate surface area is 158 Å². The van der Waals surface area contributed by atoms with Crippen molar-refractivity contribution in [1.29, 1.82) is 0 Å². The van der Waals surface area contributed by atoms with E-state index in [1.165, 1.54) is 24.6 Å². The van der Waals surface area contributed by atoms with E-state index >= 15 is 0 Å². The van der Waals surface area contributed by atoms with Gasteiger partial charge in [-0.1, -0.05) is 0 Å². The number of benzene rings is 1. The lowest BCUT2D eigenvalue weighted by molar-refractivity contribution is -0.139. The van der Waals surface area contributed by atoms with Crippen molar-refractivity contribution < 1.29 is 14.3 Å². The number of aromatic amines is 1. The summed E-state index contributed by atoms with van der Waals surface area (Å²) in [6.45, 7) is 6.16. The highest BCUT2D eigenvalue weighted by molar-refractivity contribution is 5.96. The number of nitrogens with one attached hydrogen (secondary N) is 1. The lowest BCUT2D eigenvalue weighted by Crippen LogP contribution is -2.57. The molecule has 8 heteroatoms. The molecule has 146 valence electrons. The summed E-state index contributed by atoms with van der Waals surface area (Å²) in [7, 11) is 5.00. The predicted molar refractivity (Wildman–Crippen MR) is 105 cm³/mol. The Morgan fingerprint density at radius 2 is 1.96 bits per heavy atom. The topological polar surface area (TPSA) is 94.9 Å². The average Bonchev–Trinajstić information content (AvgIpc) is 3.16. The van der Waals surface area contributed by atoms with Crippen LogP contribution in [0.15, 0.2) is 12.1 Å². The maximum Gasteiger partial charge on any atom is 0.415 e. The normalized spacial score (nSPS) is 13.7. The van der Waals surface area contributed by atoms with E-state index in [-0.39, 0.29) is 0 Å². The molecule has 0 unspecified atom stereocenters. The Kier molecular flexibility index (Phi) is 4.55. The summed E-state index contributed by atoms with van der Waals surface area (Å²) in [4.78, 5) is 31.8. The molecule has 2 amide bonds. The first-order chi connectivity index (χ1) is 12.5. The van der Waals surface area contributed by atoms with Crippen LogP contribution >= 0.6 is 0 Å². The zero-order valence-electron chi connectivity index (χ0n) is 16.7. The van der Waals surface area contributed by atoms with Gasteiger partial charge in [0.1, 0.15) is 5.54 Å². The van der Waals surface area contributed by atoms with E-state index in [2.05, 4.69) is 16.0 Å². The minimum Gasteiger partial charge on any atom is -0.408 e. The van der Waals surface area contributed by atoms with Gasteiger partial charge in [0, 0.05) is 50.5 Å². The standard InChI is InChI=1S/C19H27N5O3/c1-11-9-13-12-7-8-22(4)14(12)10-15(16(13)21-11)27-18(26)23(5)19(2,3)17(25)24(6)20/h9-10,21H,7-8,20H2,1-6H3.